The average molecular weight is 589 g/mol. The lowest BCUT2D eigenvalue weighted by Gasteiger charge is -2.44. The van der Waals surface area contributed by atoms with Crippen molar-refractivity contribution in [2.45, 2.75) is 60.7 Å². The maximum absolute atomic E-state index is 15.9. The third-order valence-corrected chi connectivity index (χ3v) is 16.3. The summed E-state index contributed by atoms with van der Waals surface area (Å²) in [5, 5.41) is 16.1. The van der Waals surface area contributed by atoms with Gasteiger partial charge in [0.05, 0.1) is 6.10 Å². The van der Waals surface area contributed by atoms with Crippen LogP contribution in [0.25, 0.3) is 10.8 Å². The lowest BCUT2D eigenvalue weighted by molar-refractivity contribution is -0.210. The fourth-order valence-electron chi connectivity index (χ4n) is 9.26. The zero-order valence-corrected chi connectivity index (χ0v) is 22.8. The van der Waals surface area contributed by atoms with Crippen LogP contribution in [0.5, 0.6) is 5.75 Å². The SMILES string of the molecule is O=S(=O)(OS1(c2ccc(O)c3ccccc23)CCCC1)C(F)(F)C(F)(F)C1CC2CC1C1C3CC(O)C(C3)C21. The minimum atomic E-state index is -6.03. The number of hydrogen-bond donors (Lipinski definition) is 2. The van der Waals surface area contributed by atoms with Crippen molar-refractivity contribution in [1.82, 2.24) is 0 Å². The van der Waals surface area contributed by atoms with Gasteiger partial charge in [0.25, 0.3) is 0 Å². The molecule has 1 heterocycles. The molecule has 8 atom stereocenters. The molecule has 11 heteroatoms. The summed E-state index contributed by atoms with van der Waals surface area (Å²) in [6.45, 7) is 0. The summed E-state index contributed by atoms with van der Waals surface area (Å²) in [6.07, 6.45) is 2.08. The number of aliphatic hydroxyl groups is 1. The summed E-state index contributed by atoms with van der Waals surface area (Å²) in [5.41, 5.74) is 0. The maximum atomic E-state index is 15.9. The first-order chi connectivity index (χ1) is 18.4. The molecule has 1 saturated heterocycles. The van der Waals surface area contributed by atoms with Gasteiger partial charge in [0.1, 0.15) is 5.75 Å². The summed E-state index contributed by atoms with van der Waals surface area (Å²) in [7, 11) is -8.92. The van der Waals surface area contributed by atoms with E-state index in [4.69, 9.17) is 3.63 Å². The fourth-order valence-corrected chi connectivity index (χ4v) is 15.2. The Morgan fingerprint density at radius 3 is 2.18 bits per heavy atom. The van der Waals surface area contributed by atoms with Gasteiger partial charge in [-0.05, 0) is 91.6 Å². The van der Waals surface area contributed by atoms with Crippen molar-refractivity contribution in [3.8, 4) is 5.75 Å². The molecule has 0 amide bonds. The zero-order valence-electron chi connectivity index (χ0n) is 21.2. The minimum absolute atomic E-state index is 0.0408. The van der Waals surface area contributed by atoms with Gasteiger partial charge in [0.2, 0.25) is 0 Å². The van der Waals surface area contributed by atoms with Crippen LogP contribution in [0.1, 0.15) is 38.5 Å². The Hall–Kier alpha value is -1.56. The Labute approximate surface area is 226 Å². The molecule has 4 aliphatic carbocycles. The lowest BCUT2D eigenvalue weighted by Crippen LogP contribution is -2.55. The van der Waals surface area contributed by atoms with Crippen LogP contribution < -0.4 is 0 Å². The van der Waals surface area contributed by atoms with Gasteiger partial charge in [-0.15, -0.1) is 0 Å². The van der Waals surface area contributed by atoms with E-state index in [0.29, 0.717) is 41.4 Å². The first kappa shape index (κ1) is 26.3. The Bertz CT molecular complexity index is 1430. The maximum Gasteiger partial charge on any atom is 0.432 e. The molecule has 4 saturated carbocycles. The number of alkyl halides is 4. The van der Waals surface area contributed by atoms with Crippen LogP contribution in [0.15, 0.2) is 41.3 Å². The predicted octanol–water partition coefficient (Wildman–Crippen LogP) is 6.28. The third kappa shape index (κ3) is 3.48. The highest BCUT2D eigenvalue weighted by Gasteiger charge is 2.76. The van der Waals surface area contributed by atoms with Crippen LogP contribution in [0.2, 0.25) is 0 Å². The Morgan fingerprint density at radius 2 is 1.46 bits per heavy atom. The van der Waals surface area contributed by atoms with Gasteiger partial charge in [0, 0.05) is 27.7 Å². The van der Waals surface area contributed by atoms with Crippen molar-refractivity contribution >= 4 is 31.2 Å². The summed E-state index contributed by atoms with van der Waals surface area (Å²) >= 11 is 0. The number of aliphatic hydroxyl groups excluding tert-OH is 1. The van der Waals surface area contributed by atoms with E-state index in [9.17, 15) is 18.6 Å². The van der Waals surface area contributed by atoms with Crippen LogP contribution in [0.3, 0.4) is 0 Å². The van der Waals surface area contributed by atoms with Crippen LogP contribution in [0, 0.1) is 41.4 Å². The molecule has 7 rings (SSSR count). The fraction of sp³-hybridized carbons (Fsp3) is 0.643. The van der Waals surface area contributed by atoms with E-state index in [-0.39, 0.29) is 53.3 Å². The molecular formula is C28H32F4O5S2. The Kier molecular flexibility index (Phi) is 5.73. The van der Waals surface area contributed by atoms with Crippen LogP contribution in [-0.2, 0) is 13.7 Å². The molecule has 5 fully saturated rings. The molecular weight excluding hydrogens is 556 g/mol. The van der Waals surface area contributed by atoms with Crippen LogP contribution >= 0.6 is 10.3 Å². The lowest BCUT2D eigenvalue weighted by atomic mass is 9.65. The molecule has 5 nitrogen and oxygen atoms in total. The first-order valence-electron chi connectivity index (χ1n) is 13.8. The van der Waals surface area contributed by atoms with Crippen molar-refractivity contribution in [1.29, 1.82) is 0 Å². The predicted molar refractivity (Wildman–Crippen MR) is 139 cm³/mol. The molecule has 1 aliphatic heterocycles. The van der Waals surface area contributed by atoms with Gasteiger partial charge in [0.15, 0.2) is 0 Å². The van der Waals surface area contributed by atoms with Gasteiger partial charge < -0.3 is 10.2 Å². The van der Waals surface area contributed by atoms with E-state index < -0.39 is 49.5 Å². The normalized spacial score (nSPS) is 38.0. The summed E-state index contributed by atoms with van der Waals surface area (Å²) < 4.78 is 95.1. The van der Waals surface area contributed by atoms with Gasteiger partial charge in [-0.2, -0.15) is 26.0 Å². The molecule has 214 valence electrons. The highest BCUT2D eigenvalue weighted by molar-refractivity contribution is 8.33. The number of phenols is 1. The second kappa shape index (κ2) is 8.49. The topological polar surface area (TPSA) is 83.8 Å². The molecule has 2 N–H and O–H groups in total. The summed E-state index contributed by atoms with van der Waals surface area (Å²) in [4.78, 5) is 0.374. The van der Waals surface area contributed by atoms with Crippen molar-refractivity contribution in [3.05, 3.63) is 36.4 Å². The zero-order chi connectivity index (χ0) is 27.5. The first-order valence-corrected chi connectivity index (χ1v) is 17.1. The molecule has 0 radical (unpaired) electrons. The molecule has 0 aromatic heterocycles. The quantitative estimate of drug-likeness (QED) is 0.307. The van der Waals surface area contributed by atoms with Crippen LogP contribution in [-0.4, -0.2) is 47.4 Å². The van der Waals surface area contributed by atoms with E-state index in [0.717, 1.165) is 6.42 Å². The number of rotatable bonds is 6. The molecule has 8 unspecified atom stereocenters. The number of benzene rings is 2. The van der Waals surface area contributed by atoms with Crippen molar-refractivity contribution in [2.24, 2.45) is 41.4 Å². The smallest absolute Gasteiger partial charge is 0.432 e. The standard InChI is InChI=1S/C28H32F4O5S2/c29-27(30,21-13-15-11-19(21)25-16-12-20(26(15)25)23(34)14-16)28(31,32)39(35,36)37-38(9-3-4-10-38)24-8-7-22(33)17-5-1-2-6-18(17)24/h1-2,5-8,15-16,19-21,23,25-26,33-34H,3-4,9-14H2. The molecule has 0 spiro atoms. The van der Waals surface area contributed by atoms with E-state index in [1.807, 2.05) is 0 Å². The van der Waals surface area contributed by atoms with Crippen LogP contribution in [0.4, 0.5) is 17.6 Å². The number of aromatic hydroxyl groups is 1. The van der Waals surface area contributed by atoms with Crippen molar-refractivity contribution in [3.63, 3.8) is 0 Å². The van der Waals surface area contributed by atoms with E-state index in [1.54, 1.807) is 24.3 Å². The second-order valence-electron chi connectivity index (χ2n) is 12.3. The van der Waals surface area contributed by atoms with Crippen molar-refractivity contribution in [2.75, 3.05) is 11.5 Å². The Balaban J connectivity index is 1.21. The highest BCUT2D eigenvalue weighted by Crippen LogP contribution is 2.72. The van der Waals surface area contributed by atoms with E-state index in [2.05, 4.69) is 0 Å². The number of halogens is 4. The van der Waals surface area contributed by atoms with Gasteiger partial charge in [-0.25, -0.2) is 3.63 Å². The Morgan fingerprint density at radius 1 is 0.846 bits per heavy atom. The monoisotopic (exact) mass is 588 g/mol. The molecule has 2 aromatic carbocycles. The highest BCUT2D eigenvalue weighted by atomic mass is 32.3. The van der Waals surface area contributed by atoms with E-state index >= 15 is 17.6 Å². The molecule has 5 aliphatic rings. The van der Waals surface area contributed by atoms with Crippen molar-refractivity contribution < 1.29 is 39.8 Å². The molecule has 4 bridgehead atoms. The van der Waals surface area contributed by atoms with E-state index in [1.165, 1.54) is 12.1 Å². The third-order valence-electron chi connectivity index (χ3n) is 10.6. The van der Waals surface area contributed by atoms with Gasteiger partial charge >= 0.3 is 21.3 Å². The summed E-state index contributed by atoms with van der Waals surface area (Å²) in [5.74, 6) is -7.11. The molecule has 39 heavy (non-hydrogen) atoms. The number of phenolic OH excluding ortho intramolecular Hbond substituents is 1. The van der Waals surface area contributed by atoms with Gasteiger partial charge in [-0.3, -0.25) is 0 Å². The number of hydrogen-bond acceptors (Lipinski definition) is 5. The summed E-state index contributed by atoms with van der Waals surface area (Å²) in [6, 6.07) is 9.49. The number of fused-ring (bicyclic) bond motifs is 10. The second-order valence-corrected chi connectivity index (χ2v) is 17.2. The largest absolute Gasteiger partial charge is 0.507 e. The average Bonchev–Trinajstić information content (AvgIpc) is 3.70. The molecule has 2 aromatic rings. The minimum Gasteiger partial charge on any atom is -0.507 e. The van der Waals surface area contributed by atoms with Gasteiger partial charge in [-0.1, -0.05) is 34.6 Å².